The fourth-order valence-corrected chi connectivity index (χ4v) is 3.05. The van der Waals surface area contributed by atoms with E-state index in [9.17, 15) is 0 Å². The van der Waals surface area contributed by atoms with E-state index in [4.69, 9.17) is 16.3 Å². The predicted octanol–water partition coefficient (Wildman–Crippen LogP) is 4.34. The van der Waals surface area contributed by atoms with Gasteiger partial charge in [-0.15, -0.1) is 11.3 Å². The van der Waals surface area contributed by atoms with Crippen LogP contribution in [0.15, 0.2) is 35.7 Å². The second kappa shape index (κ2) is 4.24. The Morgan fingerprint density at radius 3 is 3.00 bits per heavy atom. The van der Waals surface area contributed by atoms with Gasteiger partial charge in [-0.25, -0.2) is 0 Å². The molecule has 2 atom stereocenters. The van der Waals surface area contributed by atoms with E-state index in [0.717, 1.165) is 11.4 Å². The highest BCUT2D eigenvalue weighted by molar-refractivity contribution is 7.10. The van der Waals surface area contributed by atoms with Crippen molar-refractivity contribution in [3.05, 3.63) is 45.6 Å². The fraction of sp³-hybridized carbons (Fsp3) is 0.231. The molecule has 2 heterocycles. The summed E-state index contributed by atoms with van der Waals surface area (Å²) < 4.78 is 6.03. The van der Waals surface area contributed by atoms with E-state index in [-0.39, 0.29) is 12.1 Å². The first-order valence-electron chi connectivity index (χ1n) is 5.50. The Bertz CT molecular complexity index is 526. The molecule has 0 spiro atoms. The minimum absolute atomic E-state index is 0.0565. The molecule has 0 amide bonds. The van der Waals surface area contributed by atoms with Crippen molar-refractivity contribution in [2.24, 2.45) is 0 Å². The molecule has 2 nitrogen and oxygen atoms in total. The average molecular weight is 266 g/mol. The third-order valence-corrected chi connectivity index (χ3v) is 4.03. The highest BCUT2D eigenvalue weighted by atomic mass is 35.5. The minimum Gasteiger partial charge on any atom is -0.481 e. The van der Waals surface area contributed by atoms with Crippen molar-refractivity contribution in [1.82, 2.24) is 0 Å². The van der Waals surface area contributed by atoms with Crippen molar-refractivity contribution in [2.45, 2.75) is 19.1 Å². The molecular formula is C13H12ClNOS. The first-order chi connectivity index (χ1) is 8.24. The van der Waals surface area contributed by atoms with Crippen molar-refractivity contribution in [3.63, 3.8) is 0 Å². The van der Waals surface area contributed by atoms with Crippen molar-refractivity contribution >= 4 is 28.6 Å². The quantitative estimate of drug-likeness (QED) is 0.828. The summed E-state index contributed by atoms with van der Waals surface area (Å²) in [5, 5.41) is 6.22. The first-order valence-corrected chi connectivity index (χ1v) is 6.76. The molecule has 0 saturated heterocycles. The zero-order valence-corrected chi connectivity index (χ0v) is 10.9. The molecule has 1 aliphatic rings. The van der Waals surface area contributed by atoms with Crippen LogP contribution in [0.1, 0.15) is 17.9 Å². The number of fused-ring (bicyclic) bond motifs is 1. The molecule has 0 radical (unpaired) electrons. The number of thiophene rings is 1. The van der Waals surface area contributed by atoms with Crippen LogP contribution in [0.5, 0.6) is 5.75 Å². The largest absolute Gasteiger partial charge is 0.481 e. The number of benzene rings is 1. The van der Waals surface area contributed by atoms with Crippen molar-refractivity contribution in [2.75, 3.05) is 5.32 Å². The summed E-state index contributed by atoms with van der Waals surface area (Å²) in [6, 6.07) is 10.1. The lowest BCUT2D eigenvalue weighted by molar-refractivity contribution is 0.181. The summed E-state index contributed by atoms with van der Waals surface area (Å²) in [5.41, 5.74) is 1.01. The average Bonchev–Trinajstić information content (AvgIpc) is 2.82. The van der Waals surface area contributed by atoms with Crippen LogP contribution in [-0.2, 0) is 0 Å². The molecule has 4 heteroatoms. The predicted molar refractivity (Wildman–Crippen MR) is 72.2 cm³/mol. The van der Waals surface area contributed by atoms with Gasteiger partial charge in [-0.1, -0.05) is 17.7 Å². The van der Waals surface area contributed by atoms with Gasteiger partial charge in [-0.3, -0.25) is 0 Å². The van der Waals surface area contributed by atoms with Gasteiger partial charge in [0.25, 0.3) is 0 Å². The zero-order chi connectivity index (χ0) is 11.8. The number of nitrogens with one attached hydrogen (secondary N) is 1. The number of anilines is 1. The van der Waals surface area contributed by atoms with Gasteiger partial charge < -0.3 is 10.1 Å². The molecule has 2 aromatic rings. The second-order valence-corrected chi connectivity index (χ2v) is 5.54. The minimum atomic E-state index is 0.0565. The van der Waals surface area contributed by atoms with Gasteiger partial charge in [0, 0.05) is 16.0 Å². The highest BCUT2D eigenvalue weighted by Gasteiger charge is 2.28. The summed E-state index contributed by atoms with van der Waals surface area (Å²) >= 11 is 7.69. The van der Waals surface area contributed by atoms with Crippen LogP contribution in [0.3, 0.4) is 0 Å². The monoisotopic (exact) mass is 265 g/mol. The molecule has 2 unspecified atom stereocenters. The smallest absolute Gasteiger partial charge is 0.153 e. The van der Waals surface area contributed by atoms with Crippen molar-refractivity contribution < 1.29 is 4.74 Å². The van der Waals surface area contributed by atoms with Gasteiger partial charge in [-0.05, 0) is 30.5 Å². The summed E-state index contributed by atoms with van der Waals surface area (Å²) in [6.07, 6.45) is 0.0565. The third kappa shape index (κ3) is 2.01. The first kappa shape index (κ1) is 10.9. The summed E-state index contributed by atoms with van der Waals surface area (Å²) in [7, 11) is 0. The van der Waals surface area contributed by atoms with E-state index in [1.165, 1.54) is 4.88 Å². The maximum absolute atomic E-state index is 6.03. The van der Waals surface area contributed by atoms with Gasteiger partial charge >= 0.3 is 0 Å². The van der Waals surface area contributed by atoms with Crippen LogP contribution in [0.25, 0.3) is 0 Å². The molecule has 1 aromatic heterocycles. The van der Waals surface area contributed by atoms with Crippen LogP contribution in [-0.4, -0.2) is 6.04 Å². The number of halogens is 1. The van der Waals surface area contributed by atoms with Crippen LogP contribution in [0.2, 0.25) is 5.02 Å². The summed E-state index contributed by atoms with van der Waals surface area (Å²) in [4.78, 5) is 1.23. The number of rotatable bonds is 1. The van der Waals surface area contributed by atoms with Gasteiger partial charge in [-0.2, -0.15) is 0 Å². The molecule has 1 aromatic carbocycles. The maximum atomic E-state index is 6.03. The molecule has 0 aliphatic carbocycles. The van der Waals surface area contributed by atoms with Crippen LogP contribution in [0, 0.1) is 0 Å². The standard InChI is InChI=1S/C13H12ClNOS/c1-8-13(12-3-2-6-17-12)16-11-7-9(14)4-5-10(11)15-8/h2-8,13,15H,1H3. The molecular weight excluding hydrogens is 254 g/mol. The maximum Gasteiger partial charge on any atom is 0.153 e. The van der Waals surface area contributed by atoms with E-state index in [0.29, 0.717) is 5.02 Å². The fourth-order valence-electron chi connectivity index (χ4n) is 2.03. The SMILES string of the molecule is CC1Nc2ccc(Cl)cc2OC1c1cccs1. The molecule has 0 saturated carbocycles. The van der Waals surface area contributed by atoms with Gasteiger partial charge in [0.2, 0.25) is 0 Å². The van der Waals surface area contributed by atoms with E-state index >= 15 is 0 Å². The van der Waals surface area contributed by atoms with E-state index < -0.39 is 0 Å². The number of hydrogen-bond acceptors (Lipinski definition) is 3. The summed E-state index contributed by atoms with van der Waals surface area (Å²) in [6.45, 7) is 2.13. The highest BCUT2D eigenvalue weighted by Crippen LogP contribution is 2.39. The molecule has 3 rings (SSSR count). The molecule has 0 fully saturated rings. The van der Waals surface area contributed by atoms with Crippen LogP contribution >= 0.6 is 22.9 Å². The zero-order valence-electron chi connectivity index (χ0n) is 9.31. The summed E-state index contributed by atoms with van der Waals surface area (Å²) in [5.74, 6) is 0.828. The second-order valence-electron chi connectivity index (χ2n) is 4.13. The molecule has 17 heavy (non-hydrogen) atoms. The lowest BCUT2D eigenvalue weighted by Gasteiger charge is -2.32. The van der Waals surface area contributed by atoms with Crippen molar-refractivity contribution in [3.8, 4) is 5.75 Å². The Balaban J connectivity index is 1.96. The molecule has 1 N–H and O–H groups in total. The molecule has 1 aliphatic heterocycles. The Morgan fingerprint density at radius 2 is 2.24 bits per heavy atom. The Labute approximate surface area is 109 Å². The Morgan fingerprint density at radius 1 is 1.35 bits per heavy atom. The lowest BCUT2D eigenvalue weighted by Crippen LogP contribution is -2.32. The lowest BCUT2D eigenvalue weighted by atomic mass is 10.1. The topological polar surface area (TPSA) is 21.3 Å². The van der Waals surface area contributed by atoms with E-state index in [1.54, 1.807) is 11.3 Å². The Kier molecular flexibility index (Phi) is 2.73. The number of ether oxygens (including phenoxy) is 1. The molecule has 88 valence electrons. The van der Waals surface area contributed by atoms with Crippen LogP contribution < -0.4 is 10.1 Å². The van der Waals surface area contributed by atoms with Crippen LogP contribution in [0.4, 0.5) is 5.69 Å². The van der Waals surface area contributed by atoms with Gasteiger partial charge in [0.15, 0.2) is 6.10 Å². The van der Waals surface area contributed by atoms with Gasteiger partial charge in [0.05, 0.1) is 11.7 Å². The molecule has 0 bridgehead atoms. The van der Waals surface area contributed by atoms with E-state index in [2.05, 4.69) is 23.7 Å². The van der Waals surface area contributed by atoms with Gasteiger partial charge in [0.1, 0.15) is 5.75 Å². The Hall–Kier alpha value is -1.19. The normalized spacial score (nSPS) is 22.5. The number of hydrogen-bond donors (Lipinski definition) is 1. The van der Waals surface area contributed by atoms with E-state index in [1.807, 2.05) is 24.3 Å². The third-order valence-electron chi connectivity index (χ3n) is 2.86. The van der Waals surface area contributed by atoms with Crippen molar-refractivity contribution in [1.29, 1.82) is 0 Å².